The van der Waals surface area contributed by atoms with Crippen LogP contribution in [0.1, 0.15) is 18.6 Å². The van der Waals surface area contributed by atoms with E-state index in [1.807, 2.05) is 0 Å². The largest absolute Gasteiger partial charge is 0.387 e. The number of hydrogen-bond acceptors (Lipinski definition) is 2. The molecule has 0 amide bonds. The van der Waals surface area contributed by atoms with Gasteiger partial charge in [-0.2, -0.15) is 0 Å². The average Bonchev–Trinajstić information content (AvgIpc) is 2.04. The third-order valence-electron chi connectivity index (χ3n) is 1.72. The van der Waals surface area contributed by atoms with Gasteiger partial charge < -0.3 is 10.8 Å². The Morgan fingerprint density at radius 1 is 1.42 bits per heavy atom. The first-order chi connectivity index (χ1) is 5.63. The zero-order chi connectivity index (χ0) is 9.14. The molecule has 1 aromatic rings. The molecule has 0 bridgehead atoms. The molecule has 0 unspecified atom stereocenters. The fourth-order valence-corrected chi connectivity index (χ4v) is 0.998. The molecule has 2 atom stereocenters. The minimum Gasteiger partial charge on any atom is -0.387 e. The van der Waals surface area contributed by atoms with E-state index in [0.717, 1.165) is 0 Å². The first kappa shape index (κ1) is 9.16. The highest BCUT2D eigenvalue weighted by Crippen LogP contribution is 2.18. The monoisotopic (exact) mass is 169 g/mol. The molecule has 0 saturated carbocycles. The number of aliphatic hydroxyl groups is 1. The Morgan fingerprint density at radius 2 is 2.00 bits per heavy atom. The molecule has 1 aromatic carbocycles. The van der Waals surface area contributed by atoms with E-state index in [0.29, 0.717) is 0 Å². The predicted octanol–water partition coefficient (Wildman–Crippen LogP) is 1.21. The van der Waals surface area contributed by atoms with E-state index in [1.54, 1.807) is 19.1 Å². The zero-order valence-corrected chi connectivity index (χ0v) is 6.87. The molecule has 3 N–H and O–H groups in total. The van der Waals surface area contributed by atoms with Crippen LogP contribution in [0.15, 0.2) is 24.3 Å². The van der Waals surface area contributed by atoms with Crippen LogP contribution in [0.4, 0.5) is 4.39 Å². The minimum absolute atomic E-state index is 0.257. The standard InChI is InChI=1S/C9H12FNO/c1-6(11)9(12)7-4-2-3-5-8(7)10/h2-6,9,12H,11H2,1H3/t6-,9+/m0/s1. The van der Waals surface area contributed by atoms with Crippen molar-refractivity contribution < 1.29 is 9.50 Å². The summed E-state index contributed by atoms with van der Waals surface area (Å²) in [4.78, 5) is 0. The molecule has 0 aliphatic rings. The lowest BCUT2D eigenvalue weighted by Crippen LogP contribution is -2.25. The number of benzene rings is 1. The van der Waals surface area contributed by atoms with Gasteiger partial charge in [-0.05, 0) is 13.0 Å². The highest BCUT2D eigenvalue weighted by atomic mass is 19.1. The summed E-state index contributed by atoms with van der Waals surface area (Å²) in [6.07, 6.45) is -0.925. The van der Waals surface area contributed by atoms with E-state index in [-0.39, 0.29) is 5.56 Å². The van der Waals surface area contributed by atoms with Gasteiger partial charge in [0.25, 0.3) is 0 Å². The Labute approximate surface area is 70.8 Å². The number of halogens is 1. The molecule has 0 heterocycles. The lowest BCUT2D eigenvalue weighted by Gasteiger charge is -2.14. The van der Waals surface area contributed by atoms with Crippen LogP contribution in [0.5, 0.6) is 0 Å². The summed E-state index contributed by atoms with van der Waals surface area (Å²) in [7, 11) is 0. The van der Waals surface area contributed by atoms with Crippen LogP contribution in [0.25, 0.3) is 0 Å². The van der Waals surface area contributed by atoms with Crippen molar-refractivity contribution in [1.82, 2.24) is 0 Å². The van der Waals surface area contributed by atoms with Crippen molar-refractivity contribution in [2.24, 2.45) is 5.73 Å². The number of aliphatic hydroxyl groups excluding tert-OH is 1. The molecule has 0 fully saturated rings. The molecule has 0 aliphatic heterocycles. The van der Waals surface area contributed by atoms with E-state index >= 15 is 0 Å². The van der Waals surface area contributed by atoms with Crippen molar-refractivity contribution in [2.45, 2.75) is 19.1 Å². The molecule has 0 aromatic heterocycles. The third-order valence-corrected chi connectivity index (χ3v) is 1.72. The maximum absolute atomic E-state index is 13.0. The van der Waals surface area contributed by atoms with Gasteiger partial charge in [0.2, 0.25) is 0 Å². The van der Waals surface area contributed by atoms with Gasteiger partial charge in [0.1, 0.15) is 5.82 Å². The molecule has 1 rings (SSSR count). The Balaban J connectivity index is 2.94. The van der Waals surface area contributed by atoms with Gasteiger partial charge in [0.05, 0.1) is 6.10 Å². The molecule has 0 saturated heterocycles. The Hall–Kier alpha value is -0.930. The van der Waals surface area contributed by atoms with E-state index in [2.05, 4.69) is 0 Å². The fraction of sp³-hybridized carbons (Fsp3) is 0.333. The van der Waals surface area contributed by atoms with Crippen LogP contribution in [0, 0.1) is 5.82 Å². The highest BCUT2D eigenvalue weighted by molar-refractivity contribution is 5.20. The van der Waals surface area contributed by atoms with Crippen LogP contribution >= 0.6 is 0 Å². The maximum atomic E-state index is 13.0. The number of hydrogen-bond donors (Lipinski definition) is 2. The van der Waals surface area contributed by atoms with Crippen LogP contribution in [0.2, 0.25) is 0 Å². The van der Waals surface area contributed by atoms with Crippen molar-refractivity contribution in [3.05, 3.63) is 35.6 Å². The molecular formula is C9H12FNO. The summed E-state index contributed by atoms with van der Waals surface area (Å²) >= 11 is 0. The molecule has 0 radical (unpaired) electrons. The second-order valence-corrected chi connectivity index (χ2v) is 2.83. The van der Waals surface area contributed by atoms with Gasteiger partial charge >= 0.3 is 0 Å². The smallest absolute Gasteiger partial charge is 0.129 e. The maximum Gasteiger partial charge on any atom is 0.129 e. The first-order valence-electron chi connectivity index (χ1n) is 3.81. The number of rotatable bonds is 2. The van der Waals surface area contributed by atoms with E-state index < -0.39 is 18.0 Å². The summed E-state index contributed by atoms with van der Waals surface area (Å²) < 4.78 is 13.0. The van der Waals surface area contributed by atoms with Crippen LogP contribution in [0.3, 0.4) is 0 Å². The third kappa shape index (κ3) is 1.81. The second-order valence-electron chi connectivity index (χ2n) is 2.83. The van der Waals surface area contributed by atoms with E-state index in [4.69, 9.17) is 5.73 Å². The van der Waals surface area contributed by atoms with Gasteiger partial charge in [-0.15, -0.1) is 0 Å². The van der Waals surface area contributed by atoms with E-state index in [9.17, 15) is 9.50 Å². The fourth-order valence-electron chi connectivity index (χ4n) is 0.998. The summed E-state index contributed by atoms with van der Waals surface area (Å²) in [5, 5.41) is 9.41. The lowest BCUT2D eigenvalue weighted by atomic mass is 10.0. The normalized spacial score (nSPS) is 15.7. The van der Waals surface area contributed by atoms with Crippen molar-refractivity contribution in [2.75, 3.05) is 0 Å². The molecule has 12 heavy (non-hydrogen) atoms. The Morgan fingerprint density at radius 3 is 2.50 bits per heavy atom. The van der Waals surface area contributed by atoms with Gasteiger partial charge in [0.15, 0.2) is 0 Å². The summed E-state index contributed by atoms with van der Waals surface area (Å²) in [6, 6.07) is 5.63. The van der Waals surface area contributed by atoms with Crippen LogP contribution < -0.4 is 5.73 Å². The van der Waals surface area contributed by atoms with Gasteiger partial charge in [0, 0.05) is 11.6 Å². The van der Waals surface area contributed by atoms with E-state index in [1.165, 1.54) is 12.1 Å². The van der Waals surface area contributed by atoms with Gasteiger partial charge in [-0.25, -0.2) is 4.39 Å². The molecule has 66 valence electrons. The quantitative estimate of drug-likeness (QED) is 0.699. The van der Waals surface area contributed by atoms with Crippen LogP contribution in [-0.4, -0.2) is 11.1 Å². The van der Waals surface area contributed by atoms with Crippen LogP contribution in [-0.2, 0) is 0 Å². The molecule has 0 aliphatic carbocycles. The summed E-state index contributed by atoms with van der Waals surface area (Å²) in [5.74, 6) is -0.415. The van der Waals surface area contributed by atoms with Crippen molar-refractivity contribution >= 4 is 0 Å². The van der Waals surface area contributed by atoms with Gasteiger partial charge in [-0.3, -0.25) is 0 Å². The van der Waals surface area contributed by atoms with Crippen molar-refractivity contribution in [1.29, 1.82) is 0 Å². The molecule has 3 heteroatoms. The predicted molar refractivity (Wildman–Crippen MR) is 45.0 cm³/mol. The minimum atomic E-state index is -0.925. The summed E-state index contributed by atoms with van der Waals surface area (Å²) in [6.45, 7) is 1.64. The Bertz CT molecular complexity index is 262. The molecule has 2 nitrogen and oxygen atoms in total. The van der Waals surface area contributed by atoms with Gasteiger partial charge in [-0.1, -0.05) is 18.2 Å². The first-order valence-corrected chi connectivity index (χ1v) is 3.81. The summed E-state index contributed by atoms with van der Waals surface area (Å²) in [5.41, 5.74) is 5.68. The SMILES string of the molecule is C[C@H](N)[C@@H](O)c1ccccc1F. The molecule has 0 spiro atoms. The van der Waals surface area contributed by atoms with Crippen molar-refractivity contribution in [3.63, 3.8) is 0 Å². The lowest BCUT2D eigenvalue weighted by molar-refractivity contribution is 0.149. The average molecular weight is 169 g/mol. The number of nitrogens with two attached hydrogens (primary N) is 1. The second kappa shape index (κ2) is 3.65. The van der Waals surface area contributed by atoms with Crippen molar-refractivity contribution in [3.8, 4) is 0 Å². The Kier molecular flexibility index (Phi) is 2.78. The topological polar surface area (TPSA) is 46.2 Å². The zero-order valence-electron chi connectivity index (χ0n) is 6.87. The highest BCUT2D eigenvalue weighted by Gasteiger charge is 2.15. The molecular weight excluding hydrogens is 157 g/mol.